The Morgan fingerprint density at radius 1 is 0.366 bits per heavy atom. The molecule has 0 aliphatic carbocycles. The molecule has 7 rings (SSSR count). The molecule has 3 heteroatoms. The molecular weight excluding hydrogens is 524 g/mol. The normalized spacial score (nSPS) is 11.0. The van der Waals surface area contributed by atoms with Crippen LogP contribution in [-0.2, 0) is 0 Å². The Morgan fingerprint density at radius 3 is 1.32 bits per heavy atom. The lowest BCUT2D eigenvalue weighted by Crippen LogP contribution is -1.95. The van der Waals surface area contributed by atoms with E-state index < -0.39 is 0 Å². The van der Waals surface area contributed by atoms with Crippen LogP contribution in [0.1, 0.15) is 0 Å². The van der Waals surface area contributed by atoms with Gasteiger partial charge in [-0.05, 0) is 70.1 Å². The average molecular weight is 549 g/mol. The first-order valence-corrected chi connectivity index (χ1v) is 13.9. The number of benzene rings is 7. The molecule has 0 fully saturated rings. The summed E-state index contributed by atoms with van der Waals surface area (Å²) in [4.78, 5) is 0. The monoisotopic (exact) mass is 548 g/mol. The SMILES string of the molecule is Clc1ccc2c(-c3ccccc3Oc3ccccc3)c3ccccc3c(-c3ccccc3Oc3ccccc3)c2c1. The Kier molecular flexibility index (Phi) is 6.60. The van der Waals surface area contributed by atoms with Crippen LogP contribution in [0.15, 0.2) is 152 Å². The minimum Gasteiger partial charge on any atom is -0.457 e. The predicted molar refractivity (Wildman–Crippen MR) is 170 cm³/mol. The van der Waals surface area contributed by atoms with E-state index in [0.29, 0.717) is 5.02 Å². The molecule has 0 heterocycles. The van der Waals surface area contributed by atoms with Gasteiger partial charge in [-0.2, -0.15) is 0 Å². The number of hydrogen-bond donors (Lipinski definition) is 0. The number of fused-ring (bicyclic) bond motifs is 2. The van der Waals surface area contributed by atoms with Crippen molar-refractivity contribution in [1.82, 2.24) is 0 Å². The lowest BCUT2D eigenvalue weighted by Gasteiger charge is -2.21. The number of hydrogen-bond acceptors (Lipinski definition) is 2. The molecule has 0 saturated heterocycles. The molecule has 196 valence electrons. The van der Waals surface area contributed by atoms with Crippen molar-refractivity contribution in [2.24, 2.45) is 0 Å². The number of para-hydroxylation sites is 4. The van der Waals surface area contributed by atoms with Crippen LogP contribution >= 0.6 is 11.6 Å². The molecule has 0 radical (unpaired) electrons. The molecule has 0 saturated carbocycles. The molecule has 7 aromatic rings. The standard InChI is InChI=1S/C38H25ClO2/c39-26-23-24-31-34(25-26)38(33-20-10-12-22-36(33)41-28-15-5-2-6-16-28)30-18-8-7-17-29(30)37(31)32-19-9-11-21-35(32)40-27-13-3-1-4-14-27/h1-25H. The third-order valence-corrected chi connectivity index (χ3v) is 7.48. The highest BCUT2D eigenvalue weighted by molar-refractivity contribution is 6.32. The van der Waals surface area contributed by atoms with Crippen LogP contribution in [-0.4, -0.2) is 0 Å². The number of rotatable bonds is 6. The van der Waals surface area contributed by atoms with Gasteiger partial charge in [0.05, 0.1) is 0 Å². The molecule has 0 bridgehead atoms. The summed E-state index contributed by atoms with van der Waals surface area (Å²) in [6, 6.07) is 50.8. The van der Waals surface area contributed by atoms with E-state index in [0.717, 1.165) is 66.8 Å². The van der Waals surface area contributed by atoms with E-state index in [1.165, 1.54) is 0 Å². The minimum absolute atomic E-state index is 0.676. The van der Waals surface area contributed by atoms with Crippen LogP contribution < -0.4 is 9.47 Å². The minimum atomic E-state index is 0.676. The highest BCUT2D eigenvalue weighted by Crippen LogP contribution is 2.48. The zero-order valence-corrected chi connectivity index (χ0v) is 22.9. The maximum atomic E-state index is 6.68. The van der Waals surface area contributed by atoms with Crippen LogP contribution in [0.3, 0.4) is 0 Å². The third-order valence-electron chi connectivity index (χ3n) is 7.24. The lowest BCUT2D eigenvalue weighted by atomic mass is 9.85. The summed E-state index contributed by atoms with van der Waals surface area (Å²) in [5.74, 6) is 3.15. The van der Waals surface area contributed by atoms with Crippen molar-refractivity contribution in [2.45, 2.75) is 0 Å². The van der Waals surface area contributed by atoms with Crippen LogP contribution in [0.4, 0.5) is 0 Å². The molecule has 0 amide bonds. The van der Waals surface area contributed by atoms with Crippen molar-refractivity contribution in [3.8, 4) is 45.3 Å². The van der Waals surface area contributed by atoms with Crippen molar-refractivity contribution < 1.29 is 9.47 Å². The van der Waals surface area contributed by atoms with Gasteiger partial charge < -0.3 is 9.47 Å². The number of halogens is 1. The zero-order chi connectivity index (χ0) is 27.6. The Hall–Kier alpha value is -5.05. The topological polar surface area (TPSA) is 18.5 Å². The average Bonchev–Trinajstić information content (AvgIpc) is 3.02. The van der Waals surface area contributed by atoms with E-state index in [1.54, 1.807) is 0 Å². The van der Waals surface area contributed by atoms with Crippen molar-refractivity contribution in [3.63, 3.8) is 0 Å². The molecule has 0 atom stereocenters. The van der Waals surface area contributed by atoms with Gasteiger partial charge in [0.1, 0.15) is 23.0 Å². The summed E-state index contributed by atoms with van der Waals surface area (Å²) in [5.41, 5.74) is 4.19. The van der Waals surface area contributed by atoms with Crippen molar-refractivity contribution in [3.05, 3.63) is 157 Å². The van der Waals surface area contributed by atoms with Gasteiger partial charge in [0.25, 0.3) is 0 Å². The fraction of sp³-hybridized carbons (Fsp3) is 0. The second-order valence-corrected chi connectivity index (χ2v) is 10.2. The first-order valence-electron chi connectivity index (χ1n) is 13.5. The van der Waals surface area contributed by atoms with Gasteiger partial charge in [-0.3, -0.25) is 0 Å². The van der Waals surface area contributed by atoms with E-state index in [4.69, 9.17) is 21.1 Å². The Balaban J connectivity index is 1.52. The van der Waals surface area contributed by atoms with Crippen molar-refractivity contribution >= 4 is 33.1 Å². The Morgan fingerprint density at radius 2 is 0.780 bits per heavy atom. The highest BCUT2D eigenvalue weighted by Gasteiger charge is 2.21. The molecule has 41 heavy (non-hydrogen) atoms. The molecular formula is C38H25ClO2. The summed E-state index contributed by atoms with van der Waals surface area (Å²) in [5, 5.41) is 5.04. The second-order valence-electron chi connectivity index (χ2n) is 9.81. The summed E-state index contributed by atoms with van der Waals surface area (Å²) >= 11 is 6.68. The van der Waals surface area contributed by atoms with Crippen LogP contribution in [0.5, 0.6) is 23.0 Å². The summed E-state index contributed by atoms with van der Waals surface area (Å²) < 4.78 is 12.9. The molecule has 7 aromatic carbocycles. The quantitative estimate of drug-likeness (QED) is 0.192. The maximum absolute atomic E-state index is 6.68. The molecule has 0 unspecified atom stereocenters. The Bertz CT molecular complexity index is 2000. The highest BCUT2D eigenvalue weighted by atomic mass is 35.5. The van der Waals surface area contributed by atoms with Gasteiger partial charge in [-0.25, -0.2) is 0 Å². The maximum Gasteiger partial charge on any atom is 0.135 e. The third kappa shape index (κ3) is 4.80. The van der Waals surface area contributed by atoms with Crippen LogP contribution in [0.2, 0.25) is 5.02 Å². The van der Waals surface area contributed by atoms with Gasteiger partial charge in [-0.1, -0.05) is 115 Å². The van der Waals surface area contributed by atoms with Crippen molar-refractivity contribution in [1.29, 1.82) is 0 Å². The van der Waals surface area contributed by atoms with Gasteiger partial charge in [0.15, 0.2) is 0 Å². The van der Waals surface area contributed by atoms with Gasteiger partial charge in [0.2, 0.25) is 0 Å². The van der Waals surface area contributed by atoms with Gasteiger partial charge >= 0.3 is 0 Å². The zero-order valence-electron chi connectivity index (χ0n) is 22.1. The predicted octanol–water partition coefficient (Wildman–Crippen LogP) is 11.6. The molecule has 0 aromatic heterocycles. The fourth-order valence-electron chi connectivity index (χ4n) is 5.49. The van der Waals surface area contributed by atoms with E-state index in [-0.39, 0.29) is 0 Å². The fourth-order valence-corrected chi connectivity index (χ4v) is 5.66. The largest absolute Gasteiger partial charge is 0.457 e. The molecule has 2 nitrogen and oxygen atoms in total. The Labute approximate surface area is 244 Å². The van der Waals surface area contributed by atoms with E-state index in [2.05, 4.69) is 60.7 Å². The first kappa shape index (κ1) is 25.0. The van der Waals surface area contributed by atoms with E-state index >= 15 is 0 Å². The summed E-state index contributed by atoms with van der Waals surface area (Å²) in [6.45, 7) is 0. The molecule has 0 aliphatic heterocycles. The summed E-state index contributed by atoms with van der Waals surface area (Å²) in [6.07, 6.45) is 0. The van der Waals surface area contributed by atoms with Gasteiger partial charge in [0, 0.05) is 27.3 Å². The van der Waals surface area contributed by atoms with Gasteiger partial charge in [-0.15, -0.1) is 0 Å². The number of ether oxygens (including phenoxy) is 2. The van der Waals surface area contributed by atoms with Crippen LogP contribution in [0.25, 0.3) is 43.8 Å². The summed E-state index contributed by atoms with van der Waals surface area (Å²) in [7, 11) is 0. The smallest absolute Gasteiger partial charge is 0.135 e. The lowest BCUT2D eigenvalue weighted by molar-refractivity contribution is 0.484. The second kappa shape index (κ2) is 10.8. The van der Waals surface area contributed by atoms with E-state index in [9.17, 15) is 0 Å². The first-order chi connectivity index (χ1) is 20.3. The molecule has 0 spiro atoms. The molecule has 0 N–H and O–H groups in total. The van der Waals surface area contributed by atoms with Crippen molar-refractivity contribution in [2.75, 3.05) is 0 Å². The molecule has 0 aliphatic rings. The van der Waals surface area contributed by atoms with Crippen LogP contribution in [0, 0.1) is 0 Å². The van der Waals surface area contributed by atoms with E-state index in [1.807, 2.05) is 91.0 Å².